The summed E-state index contributed by atoms with van der Waals surface area (Å²) in [5.41, 5.74) is 1.14. The van der Waals surface area contributed by atoms with Crippen molar-refractivity contribution in [1.82, 2.24) is 0 Å². The Kier molecular flexibility index (Phi) is 4.53. The van der Waals surface area contributed by atoms with Crippen LogP contribution in [0.15, 0.2) is 72.8 Å². The third-order valence-corrected chi connectivity index (χ3v) is 4.87. The summed E-state index contributed by atoms with van der Waals surface area (Å²) in [6.07, 6.45) is 0. The molecule has 0 aromatic heterocycles. The van der Waals surface area contributed by atoms with Crippen molar-refractivity contribution in [2.24, 2.45) is 0 Å². The summed E-state index contributed by atoms with van der Waals surface area (Å²) in [4.78, 5) is 25.7. The van der Waals surface area contributed by atoms with Crippen LogP contribution < -0.4 is 4.74 Å². The van der Waals surface area contributed by atoms with Crippen LogP contribution in [0.2, 0.25) is 0 Å². The van der Waals surface area contributed by atoms with E-state index >= 15 is 0 Å². The average Bonchev–Trinajstić information content (AvgIpc) is 2.76. The van der Waals surface area contributed by atoms with Crippen molar-refractivity contribution in [2.45, 2.75) is 0 Å². The Hall–Kier alpha value is -3.66. The number of rotatable bonds is 4. The molecular formula is C24H18O4. The zero-order valence-corrected chi connectivity index (χ0v) is 15.6. The molecule has 0 fully saturated rings. The molecule has 0 unspecified atom stereocenters. The number of fused-ring (bicyclic) bond motifs is 2. The second-order valence-electron chi connectivity index (χ2n) is 6.46. The predicted molar refractivity (Wildman–Crippen MR) is 109 cm³/mol. The highest BCUT2D eigenvalue weighted by atomic mass is 16.5. The fourth-order valence-electron chi connectivity index (χ4n) is 3.43. The van der Waals surface area contributed by atoms with Gasteiger partial charge in [-0.3, -0.25) is 4.79 Å². The first-order valence-electron chi connectivity index (χ1n) is 8.85. The molecule has 0 radical (unpaired) electrons. The fourth-order valence-corrected chi connectivity index (χ4v) is 3.43. The molecule has 138 valence electrons. The Balaban J connectivity index is 1.90. The molecule has 0 N–H and O–H groups in total. The molecule has 28 heavy (non-hydrogen) atoms. The first-order chi connectivity index (χ1) is 13.6. The molecule has 4 rings (SSSR count). The molecule has 0 aliphatic carbocycles. The van der Waals surface area contributed by atoms with Gasteiger partial charge in [-0.05, 0) is 45.8 Å². The molecule has 0 aliphatic heterocycles. The number of ether oxygens (including phenoxy) is 2. The Labute approximate surface area is 162 Å². The van der Waals surface area contributed by atoms with Crippen molar-refractivity contribution in [1.29, 1.82) is 0 Å². The van der Waals surface area contributed by atoms with Crippen LogP contribution in [0.25, 0.3) is 21.5 Å². The third kappa shape index (κ3) is 2.99. The number of benzene rings is 4. The molecule has 4 aromatic carbocycles. The predicted octanol–water partition coefficient (Wildman–Crippen LogP) is 5.02. The Morgan fingerprint density at radius 1 is 0.750 bits per heavy atom. The summed E-state index contributed by atoms with van der Waals surface area (Å²) in [6, 6.07) is 22.2. The van der Waals surface area contributed by atoms with E-state index in [-0.39, 0.29) is 11.3 Å². The maximum absolute atomic E-state index is 13.4. The molecule has 4 aromatic rings. The largest absolute Gasteiger partial charge is 0.497 e. The Morgan fingerprint density at radius 2 is 1.46 bits per heavy atom. The average molecular weight is 370 g/mol. The highest BCUT2D eigenvalue weighted by molar-refractivity contribution is 6.22. The lowest BCUT2D eigenvalue weighted by Crippen LogP contribution is -2.12. The van der Waals surface area contributed by atoms with Gasteiger partial charge in [-0.25, -0.2) is 4.79 Å². The van der Waals surface area contributed by atoms with Gasteiger partial charge in [0, 0.05) is 11.1 Å². The topological polar surface area (TPSA) is 52.6 Å². The molecule has 0 bridgehead atoms. The van der Waals surface area contributed by atoms with E-state index < -0.39 is 5.97 Å². The summed E-state index contributed by atoms with van der Waals surface area (Å²) >= 11 is 0. The van der Waals surface area contributed by atoms with Crippen LogP contribution in [0, 0.1) is 0 Å². The van der Waals surface area contributed by atoms with Gasteiger partial charge in [0.05, 0.1) is 19.8 Å². The SMILES string of the molecule is COC(=O)c1ccc2ccccc2c1C(=O)c1ccc2cc(OC)ccc2c1. The van der Waals surface area contributed by atoms with Gasteiger partial charge in [-0.15, -0.1) is 0 Å². The van der Waals surface area contributed by atoms with Crippen LogP contribution in [0.1, 0.15) is 26.3 Å². The summed E-state index contributed by atoms with van der Waals surface area (Å²) in [5.74, 6) is 0.0168. The second kappa shape index (κ2) is 7.16. The Bertz CT molecular complexity index is 1220. The van der Waals surface area contributed by atoms with E-state index in [1.54, 1.807) is 19.2 Å². The highest BCUT2D eigenvalue weighted by Gasteiger charge is 2.22. The Morgan fingerprint density at radius 3 is 2.25 bits per heavy atom. The second-order valence-corrected chi connectivity index (χ2v) is 6.46. The summed E-state index contributed by atoms with van der Waals surface area (Å²) < 4.78 is 10.2. The minimum Gasteiger partial charge on any atom is -0.497 e. The van der Waals surface area contributed by atoms with Crippen LogP contribution in [0.3, 0.4) is 0 Å². The van der Waals surface area contributed by atoms with Crippen molar-refractivity contribution >= 4 is 33.3 Å². The van der Waals surface area contributed by atoms with Crippen LogP contribution in [0.4, 0.5) is 0 Å². The first-order valence-corrected chi connectivity index (χ1v) is 8.85. The third-order valence-electron chi connectivity index (χ3n) is 4.87. The molecule has 4 heteroatoms. The van der Waals surface area contributed by atoms with E-state index in [1.165, 1.54) is 7.11 Å². The maximum atomic E-state index is 13.4. The molecule has 0 heterocycles. The van der Waals surface area contributed by atoms with Crippen LogP contribution in [-0.2, 0) is 4.74 Å². The van der Waals surface area contributed by atoms with E-state index in [2.05, 4.69) is 0 Å². The lowest BCUT2D eigenvalue weighted by molar-refractivity contribution is 0.0598. The van der Waals surface area contributed by atoms with Gasteiger partial charge in [0.2, 0.25) is 0 Å². The molecular weight excluding hydrogens is 352 g/mol. The van der Waals surface area contributed by atoms with E-state index in [9.17, 15) is 9.59 Å². The van der Waals surface area contributed by atoms with Crippen molar-refractivity contribution in [3.05, 3.63) is 89.5 Å². The van der Waals surface area contributed by atoms with Gasteiger partial charge >= 0.3 is 5.97 Å². The van der Waals surface area contributed by atoms with Gasteiger partial charge in [-0.1, -0.05) is 48.5 Å². The van der Waals surface area contributed by atoms with Gasteiger partial charge in [0.15, 0.2) is 5.78 Å². The van der Waals surface area contributed by atoms with E-state index in [4.69, 9.17) is 9.47 Å². The molecule has 0 saturated carbocycles. The molecule has 0 atom stereocenters. The van der Waals surface area contributed by atoms with E-state index in [0.717, 1.165) is 27.3 Å². The van der Waals surface area contributed by atoms with E-state index in [1.807, 2.05) is 60.7 Å². The van der Waals surface area contributed by atoms with Crippen LogP contribution >= 0.6 is 0 Å². The van der Waals surface area contributed by atoms with Gasteiger partial charge in [0.25, 0.3) is 0 Å². The van der Waals surface area contributed by atoms with Crippen molar-refractivity contribution in [3.63, 3.8) is 0 Å². The van der Waals surface area contributed by atoms with E-state index in [0.29, 0.717) is 11.1 Å². The fraction of sp³-hybridized carbons (Fsp3) is 0.0833. The summed E-state index contributed by atoms with van der Waals surface area (Å²) in [6.45, 7) is 0. The quantitative estimate of drug-likeness (QED) is 0.374. The van der Waals surface area contributed by atoms with Gasteiger partial charge < -0.3 is 9.47 Å². The summed E-state index contributed by atoms with van der Waals surface area (Å²) in [7, 11) is 2.93. The number of carbonyl (C=O) groups is 2. The monoisotopic (exact) mass is 370 g/mol. The highest BCUT2D eigenvalue weighted by Crippen LogP contribution is 2.28. The number of hydrogen-bond donors (Lipinski definition) is 0. The number of hydrogen-bond acceptors (Lipinski definition) is 4. The van der Waals surface area contributed by atoms with Crippen molar-refractivity contribution < 1.29 is 19.1 Å². The van der Waals surface area contributed by atoms with Gasteiger partial charge in [0.1, 0.15) is 5.75 Å². The lowest BCUT2D eigenvalue weighted by Gasteiger charge is -2.12. The lowest BCUT2D eigenvalue weighted by atomic mass is 9.91. The number of esters is 1. The van der Waals surface area contributed by atoms with Crippen molar-refractivity contribution in [2.75, 3.05) is 14.2 Å². The molecule has 4 nitrogen and oxygen atoms in total. The van der Waals surface area contributed by atoms with Crippen LogP contribution in [-0.4, -0.2) is 26.0 Å². The number of carbonyl (C=O) groups excluding carboxylic acids is 2. The number of methoxy groups -OCH3 is 2. The number of ketones is 1. The molecule has 0 saturated heterocycles. The molecule has 0 amide bonds. The minimum atomic E-state index is -0.528. The zero-order valence-electron chi connectivity index (χ0n) is 15.6. The normalized spacial score (nSPS) is 10.8. The smallest absolute Gasteiger partial charge is 0.338 e. The molecule has 0 spiro atoms. The van der Waals surface area contributed by atoms with Crippen LogP contribution in [0.5, 0.6) is 5.75 Å². The maximum Gasteiger partial charge on any atom is 0.338 e. The molecule has 0 aliphatic rings. The zero-order chi connectivity index (χ0) is 19.7. The standard InChI is InChI=1S/C24H18O4/c1-27-19-11-9-16-13-18(8-7-17(16)14-19)23(25)22-20-6-4-3-5-15(20)10-12-21(22)24(26)28-2/h3-14H,1-2H3. The van der Waals surface area contributed by atoms with Crippen molar-refractivity contribution in [3.8, 4) is 5.75 Å². The summed E-state index contributed by atoms with van der Waals surface area (Å²) in [5, 5.41) is 3.52. The first kappa shape index (κ1) is 17.7. The van der Waals surface area contributed by atoms with Gasteiger partial charge in [-0.2, -0.15) is 0 Å². The minimum absolute atomic E-state index is 0.213.